The molecule has 3 heterocycles. The van der Waals surface area contributed by atoms with Crippen LogP contribution in [0.15, 0.2) is 29.4 Å². The number of nitrogens with zero attached hydrogens (tertiary/aromatic N) is 4. The molecule has 3 rings (SSSR count). The summed E-state index contributed by atoms with van der Waals surface area (Å²) < 4.78 is 5.19. The largest absolute Gasteiger partial charge is 0.383 e. The lowest BCUT2D eigenvalue weighted by Crippen LogP contribution is -2.49. The molecule has 0 aromatic carbocycles. The van der Waals surface area contributed by atoms with E-state index in [0.717, 1.165) is 69.7 Å². The Morgan fingerprint density at radius 3 is 2.50 bits per heavy atom. The zero-order chi connectivity index (χ0) is 20.3. The summed E-state index contributed by atoms with van der Waals surface area (Å²) >= 11 is 0. The van der Waals surface area contributed by atoms with Gasteiger partial charge in [-0.25, -0.2) is 0 Å². The minimum atomic E-state index is 0. The Labute approximate surface area is 199 Å². The van der Waals surface area contributed by atoms with Crippen LogP contribution in [0.5, 0.6) is 0 Å². The van der Waals surface area contributed by atoms with Crippen LogP contribution in [-0.2, 0) is 11.3 Å². The van der Waals surface area contributed by atoms with Gasteiger partial charge in [-0.1, -0.05) is 6.07 Å². The highest BCUT2D eigenvalue weighted by molar-refractivity contribution is 14.0. The van der Waals surface area contributed by atoms with Gasteiger partial charge in [0.2, 0.25) is 0 Å². The summed E-state index contributed by atoms with van der Waals surface area (Å²) in [6, 6.07) is 6.65. The molecule has 2 fully saturated rings. The molecule has 0 unspecified atom stereocenters. The molecule has 0 bridgehead atoms. The van der Waals surface area contributed by atoms with Crippen LogP contribution in [0.25, 0.3) is 0 Å². The molecule has 2 aliphatic heterocycles. The normalized spacial score (nSPS) is 20.0. The molecule has 7 nitrogen and oxygen atoms in total. The van der Waals surface area contributed by atoms with Gasteiger partial charge in [0.1, 0.15) is 0 Å². The smallest absolute Gasteiger partial charge is 0.191 e. The highest BCUT2D eigenvalue weighted by Crippen LogP contribution is 2.16. The zero-order valence-corrected chi connectivity index (χ0v) is 20.9. The average Bonchev–Trinajstić information content (AvgIpc) is 2.78. The molecular weight excluding hydrogens is 491 g/mol. The van der Waals surface area contributed by atoms with Crippen molar-refractivity contribution in [2.24, 2.45) is 10.9 Å². The molecule has 2 N–H and O–H groups in total. The van der Waals surface area contributed by atoms with Crippen LogP contribution in [0.2, 0.25) is 0 Å². The van der Waals surface area contributed by atoms with Crippen LogP contribution in [0.4, 0.5) is 0 Å². The molecule has 0 saturated carbocycles. The number of aliphatic imine (C=N–C) groups is 1. The minimum Gasteiger partial charge on any atom is -0.383 e. The number of ether oxygens (including phenoxy) is 1. The van der Waals surface area contributed by atoms with E-state index in [1.807, 2.05) is 19.3 Å². The fourth-order valence-corrected chi connectivity index (χ4v) is 4.22. The second-order valence-electron chi connectivity index (χ2n) is 8.25. The maximum atomic E-state index is 5.19. The lowest BCUT2D eigenvalue weighted by Gasteiger charge is -2.34. The Kier molecular flexibility index (Phi) is 11.9. The predicted octanol–water partition coefficient (Wildman–Crippen LogP) is 2.19. The van der Waals surface area contributed by atoms with Gasteiger partial charge in [-0.2, -0.15) is 0 Å². The van der Waals surface area contributed by atoms with Gasteiger partial charge in [-0.15, -0.1) is 24.0 Å². The van der Waals surface area contributed by atoms with Crippen molar-refractivity contribution in [3.05, 3.63) is 30.1 Å². The van der Waals surface area contributed by atoms with Crippen LogP contribution >= 0.6 is 24.0 Å². The fourth-order valence-electron chi connectivity index (χ4n) is 4.22. The summed E-state index contributed by atoms with van der Waals surface area (Å²) in [5.74, 6) is 1.68. The van der Waals surface area contributed by atoms with Crippen molar-refractivity contribution in [2.45, 2.75) is 38.3 Å². The third kappa shape index (κ3) is 8.64. The average molecular weight is 530 g/mol. The van der Waals surface area contributed by atoms with Gasteiger partial charge in [0.05, 0.1) is 12.3 Å². The number of aromatic nitrogens is 1. The third-order valence-corrected chi connectivity index (χ3v) is 6.14. The molecule has 2 saturated heterocycles. The van der Waals surface area contributed by atoms with Crippen LogP contribution in [-0.4, -0.2) is 86.8 Å². The van der Waals surface area contributed by atoms with Gasteiger partial charge in [-0.3, -0.25) is 14.9 Å². The number of nitrogens with one attached hydrogen (secondary N) is 2. The molecule has 2 aliphatic rings. The maximum absolute atomic E-state index is 5.19. The Morgan fingerprint density at radius 1 is 1.13 bits per heavy atom. The predicted molar refractivity (Wildman–Crippen MR) is 133 cm³/mol. The number of likely N-dealkylation sites (tertiary alicyclic amines) is 2. The summed E-state index contributed by atoms with van der Waals surface area (Å²) in [5.41, 5.74) is 1.16. The van der Waals surface area contributed by atoms with Gasteiger partial charge in [0.15, 0.2) is 5.96 Å². The standard InChI is InChI=1S/C22H38N6O.HI/c1-23-22(25-17-19-6-11-27(12-7-19)15-16-29-2)26-20-8-13-28(14-9-20)18-21-5-3-4-10-24-21;/h3-5,10,19-20H,6-9,11-18H2,1-2H3,(H2,23,25,26);1H. The highest BCUT2D eigenvalue weighted by Gasteiger charge is 2.22. The molecule has 170 valence electrons. The summed E-state index contributed by atoms with van der Waals surface area (Å²) in [5, 5.41) is 7.20. The summed E-state index contributed by atoms with van der Waals surface area (Å²) in [7, 11) is 3.65. The number of hydrogen-bond donors (Lipinski definition) is 2. The molecular formula is C22H39IN6O. The van der Waals surface area contributed by atoms with E-state index in [1.54, 1.807) is 7.11 Å². The fraction of sp³-hybridized carbons (Fsp3) is 0.727. The van der Waals surface area contributed by atoms with Crippen molar-refractivity contribution in [2.75, 3.05) is 60.0 Å². The van der Waals surface area contributed by atoms with E-state index in [9.17, 15) is 0 Å². The van der Waals surface area contributed by atoms with Gasteiger partial charge in [0.25, 0.3) is 0 Å². The molecule has 0 spiro atoms. The van der Waals surface area contributed by atoms with E-state index >= 15 is 0 Å². The Morgan fingerprint density at radius 2 is 1.87 bits per heavy atom. The summed E-state index contributed by atoms with van der Waals surface area (Å²) in [6.45, 7) is 8.41. The van der Waals surface area contributed by atoms with E-state index < -0.39 is 0 Å². The highest BCUT2D eigenvalue weighted by atomic mass is 127. The molecule has 1 aromatic heterocycles. The molecule has 0 radical (unpaired) electrons. The number of rotatable bonds is 8. The zero-order valence-electron chi connectivity index (χ0n) is 18.6. The van der Waals surface area contributed by atoms with Crippen LogP contribution in [0, 0.1) is 5.92 Å². The number of piperidine rings is 2. The Balaban J connectivity index is 0.00000320. The second kappa shape index (κ2) is 14.2. The van der Waals surface area contributed by atoms with Gasteiger partial charge >= 0.3 is 0 Å². The monoisotopic (exact) mass is 530 g/mol. The molecule has 30 heavy (non-hydrogen) atoms. The van der Waals surface area contributed by atoms with E-state index in [2.05, 4.69) is 42.5 Å². The number of hydrogen-bond acceptors (Lipinski definition) is 5. The molecule has 0 atom stereocenters. The molecule has 0 amide bonds. The molecule has 8 heteroatoms. The van der Waals surface area contributed by atoms with E-state index in [-0.39, 0.29) is 24.0 Å². The Hall–Kier alpha value is -0.970. The second-order valence-corrected chi connectivity index (χ2v) is 8.25. The minimum absolute atomic E-state index is 0. The van der Waals surface area contributed by atoms with Crippen LogP contribution in [0.3, 0.4) is 0 Å². The van der Waals surface area contributed by atoms with Gasteiger partial charge in [0, 0.05) is 59.1 Å². The van der Waals surface area contributed by atoms with Crippen molar-refractivity contribution in [1.82, 2.24) is 25.4 Å². The summed E-state index contributed by atoms with van der Waals surface area (Å²) in [4.78, 5) is 13.9. The van der Waals surface area contributed by atoms with Crippen molar-refractivity contribution >= 4 is 29.9 Å². The number of guanidine groups is 1. The SMILES string of the molecule is CN=C(NCC1CCN(CCOC)CC1)NC1CCN(Cc2ccccn2)CC1.I. The third-order valence-electron chi connectivity index (χ3n) is 6.14. The first-order valence-corrected chi connectivity index (χ1v) is 11.1. The lowest BCUT2D eigenvalue weighted by molar-refractivity contribution is 0.120. The van der Waals surface area contributed by atoms with E-state index in [4.69, 9.17) is 4.74 Å². The number of pyridine rings is 1. The van der Waals surface area contributed by atoms with Crippen LogP contribution < -0.4 is 10.6 Å². The topological polar surface area (TPSA) is 65.0 Å². The summed E-state index contributed by atoms with van der Waals surface area (Å²) in [6.07, 6.45) is 6.67. The van der Waals surface area contributed by atoms with Crippen molar-refractivity contribution in [3.8, 4) is 0 Å². The van der Waals surface area contributed by atoms with Crippen molar-refractivity contribution in [3.63, 3.8) is 0 Å². The van der Waals surface area contributed by atoms with Crippen molar-refractivity contribution in [1.29, 1.82) is 0 Å². The lowest BCUT2D eigenvalue weighted by atomic mass is 9.97. The number of halogens is 1. The number of methoxy groups -OCH3 is 1. The van der Waals surface area contributed by atoms with Crippen LogP contribution in [0.1, 0.15) is 31.4 Å². The first kappa shape index (κ1) is 25.3. The molecule has 1 aromatic rings. The molecule has 0 aliphatic carbocycles. The van der Waals surface area contributed by atoms with Crippen molar-refractivity contribution < 1.29 is 4.74 Å². The first-order chi connectivity index (χ1) is 14.3. The van der Waals surface area contributed by atoms with E-state index in [1.165, 1.54) is 25.9 Å². The Bertz CT molecular complexity index is 601. The quantitative estimate of drug-likeness (QED) is 0.305. The van der Waals surface area contributed by atoms with Gasteiger partial charge < -0.3 is 20.3 Å². The van der Waals surface area contributed by atoms with E-state index in [0.29, 0.717) is 6.04 Å². The first-order valence-electron chi connectivity index (χ1n) is 11.1. The maximum Gasteiger partial charge on any atom is 0.191 e. The van der Waals surface area contributed by atoms with Gasteiger partial charge in [-0.05, 0) is 56.8 Å².